The van der Waals surface area contributed by atoms with Crippen LogP contribution in [-0.4, -0.2) is 21.0 Å². The van der Waals surface area contributed by atoms with Gasteiger partial charge in [0.05, 0.1) is 11.9 Å². The van der Waals surface area contributed by atoms with Crippen molar-refractivity contribution in [2.75, 3.05) is 10.6 Å². The van der Waals surface area contributed by atoms with Crippen molar-refractivity contribution in [2.45, 2.75) is 6.92 Å². The van der Waals surface area contributed by atoms with Gasteiger partial charge in [0, 0.05) is 11.3 Å². The molecule has 30 heavy (non-hydrogen) atoms. The molecule has 0 aliphatic heterocycles. The Labute approximate surface area is 173 Å². The molecule has 3 aromatic carbocycles. The number of para-hydroxylation sites is 3. The normalized spacial score (nSPS) is 10.3. The lowest BCUT2D eigenvalue weighted by Gasteiger charge is -2.12. The van der Waals surface area contributed by atoms with Crippen molar-refractivity contribution in [1.29, 1.82) is 0 Å². The number of aromatic nitrogens is 3. The number of anilines is 4. The summed E-state index contributed by atoms with van der Waals surface area (Å²) in [6.07, 6.45) is 1.51. The van der Waals surface area contributed by atoms with Crippen molar-refractivity contribution in [1.82, 2.24) is 15.2 Å². The Bertz CT molecular complexity index is 1160. The Balaban J connectivity index is 1.53. The molecular formula is C23H19N5O2. The molecule has 0 spiro atoms. The monoisotopic (exact) mass is 397 g/mol. The molecule has 0 saturated heterocycles. The third-order valence-corrected chi connectivity index (χ3v) is 4.20. The van der Waals surface area contributed by atoms with E-state index in [9.17, 15) is 4.79 Å². The maximum Gasteiger partial charge on any atom is 0.249 e. The number of nitrogens with zero attached hydrogens (tertiary/aromatic N) is 3. The van der Waals surface area contributed by atoms with Crippen molar-refractivity contribution in [2.24, 2.45) is 0 Å². The number of carbonyl (C=O) groups is 1. The highest BCUT2D eigenvalue weighted by atomic mass is 16.5. The highest BCUT2D eigenvalue weighted by molar-refractivity contribution is 5.95. The first kappa shape index (κ1) is 19.1. The van der Waals surface area contributed by atoms with Crippen LogP contribution in [0.2, 0.25) is 0 Å². The van der Waals surface area contributed by atoms with Gasteiger partial charge in [0.1, 0.15) is 5.75 Å². The molecule has 0 amide bonds. The summed E-state index contributed by atoms with van der Waals surface area (Å²) in [5, 5.41) is 14.3. The number of ether oxygens (including phenoxy) is 1. The van der Waals surface area contributed by atoms with Gasteiger partial charge >= 0.3 is 0 Å². The molecule has 1 heterocycles. The summed E-state index contributed by atoms with van der Waals surface area (Å²) in [6.45, 7) is 1.53. The van der Waals surface area contributed by atoms with Crippen LogP contribution in [-0.2, 0) is 0 Å². The smallest absolute Gasteiger partial charge is 0.249 e. The van der Waals surface area contributed by atoms with E-state index in [0.29, 0.717) is 28.8 Å². The predicted octanol–water partition coefficient (Wildman–Crippen LogP) is 5.35. The quantitative estimate of drug-likeness (QED) is 0.406. The molecule has 0 unspecified atom stereocenters. The van der Waals surface area contributed by atoms with Crippen LogP contribution in [0.25, 0.3) is 0 Å². The Morgan fingerprint density at radius 2 is 1.70 bits per heavy atom. The zero-order chi connectivity index (χ0) is 20.8. The first-order chi connectivity index (χ1) is 14.7. The van der Waals surface area contributed by atoms with E-state index >= 15 is 0 Å². The van der Waals surface area contributed by atoms with Crippen LogP contribution in [0.4, 0.5) is 23.1 Å². The van der Waals surface area contributed by atoms with Crippen LogP contribution < -0.4 is 15.4 Å². The molecule has 0 saturated carbocycles. The lowest BCUT2D eigenvalue weighted by molar-refractivity contribution is 0.101. The van der Waals surface area contributed by atoms with Gasteiger partial charge in [0.2, 0.25) is 5.95 Å². The van der Waals surface area contributed by atoms with Crippen LogP contribution >= 0.6 is 0 Å². The number of hydrogen-bond donors (Lipinski definition) is 2. The Kier molecular flexibility index (Phi) is 5.61. The number of hydrogen-bond acceptors (Lipinski definition) is 7. The topological polar surface area (TPSA) is 89.0 Å². The fourth-order valence-corrected chi connectivity index (χ4v) is 2.78. The van der Waals surface area contributed by atoms with Gasteiger partial charge in [-0.15, -0.1) is 5.10 Å². The summed E-state index contributed by atoms with van der Waals surface area (Å²) >= 11 is 0. The van der Waals surface area contributed by atoms with Crippen molar-refractivity contribution in [3.05, 3.63) is 90.6 Å². The molecule has 0 fully saturated rings. The number of Topliss-reactive ketones (excluding diaryl/α,β-unsaturated/α-hetero) is 1. The van der Waals surface area contributed by atoms with Gasteiger partial charge in [0.25, 0.3) is 0 Å². The van der Waals surface area contributed by atoms with Crippen LogP contribution in [0.5, 0.6) is 11.5 Å². The van der Waals surface area contributed by atoms with Crippen LogP contribution in [0.3, 0.4) is 0 Å². The van der Waals surface area contributed by atoms with E-state index in [1.807, 2.05) is 66.7 Å². The minimum absolute atomic E-state index is 0.00292. The first-order valence-corrected chi connectivity index (χ1v) is 9.34. The van der Waals surface area contributed by atoms with E-state index < -0.39 is 0 Å². The summed E-state index contributed by atoms with van der Waals surface area (Å²) in [5.74, 6) is 2.17. The SMILES string of the molecule is CC(=O)c1cccc(Nc2cnnc(Nc3ccccc3Oc3ccccc3)n2)c1. The zero-order valence-corrected chi connectivity index (χ0v) is 16.2. The van der Waals surface area contributed by atoms with E-state index in [0.717, 1.165) is 11.4 Å². The average Bonchev–Trinajstić information content (AvgIpc) is 2.76. The molecule has 4 rings (SSSR count). The molecule has 0 atom stereocenters. The predicted molar refractivity (Wildman–Crippen MR) is 116 cm³/mol. The van der Waals surface area contributed by atoms with Crippen LogP contribution in [0.1, 0.15) is 17.3 Å². The molecule has 1 aromatic heterocycles. The molecule has 0 aliphatic rings. The number of ketones is 1. The molecule has 2 N–H and O–H groups in total. The largest absolute Gasteiger partial charge is 0.455 e. The van der Waals surface area contributed by atoms with Gasteiger partial charge in [-0.25, -0.2) is 0 Å². The maximum absolute atomic E-state index is 11.6. The van der Waals surface area contributed by atoms with Gasteiger partial charge < -0.3 is 15.4 Å². The van der Waals surface area contributed by atoms with Gasteiger partial charge in [-0.3, -0.25) is 4.79 Å². The van der Waals surface area contributed by atoms with Crippen LogP contribution in [0.15, 0.2) is 85.1 Å². The average molecular weight is 397 g/mol. The third kappa shape index (κ3) is 4.77. The highest BCUT2D eigenvalue weighted by Gasteiger charge is 2.08. The van der Waals surface area contributed by atoms with Crippen molar-refractivity contribution >= 4 is 28.9 Å². The fraction of sp³-hybridized carbons (Fsp3) is 0.0435. The second kappa shape index (κ2) is 8.83. The van der Waals surface area contributed by atoms with E-state index in [2.05, 4.69) is 25.8 Å². The Hall–Kier alpha value is -4.26. The molecule has 7 heteroatoms. The van der Waals surface area contributed by atoms with Crippen molar-refractivity contribution < 1.29 is 9.53 Å². The van der Waals surface area contributed by atoms with Gasteiger partial charge in [0.15, 0.2) is 17.4 Å². The molecule has 4 aromatic rings. The van der Waals surface area contributed by atoms with E-state index in [1.54, 1.807) is 12.1 Å². The number of nitrogens with one attached hydrogen (secondary N) is 2. The zero-order valence-electron chi connectivity index (χ0n) is 16.2. The highest BCUT2D eigenvalue weighted by Crippen LogP contribution is 2.30. The summed E-state index contributed by atoms with van der Waals surface area (Å²) in [4.78, 5) is 16.0. The number of rotatable bonds is 7. The minimum atomic E-state index is -0.00292. The van der Waals surface area contributed by atoms with E-state index in [-0.39, 0.29) is 5.78 Å². The van der Waals surface area contributed by atoms with Gasteiger partial charge in [-0.1, -0.05) is 42.5 Å². The standard InChI is InChI=1S/C23H19N5O2/c1-16(29)17-8-7-9-18(14-17)25-22-15-24-28-23(27-22)26-20-12-5-6-13-21(20)30-19-10-3-2-4-11-19/h2-15H,1H3,(H2,25,26,27,28). The van der Waals surface area contributed by atoms with Crippen molar-refractivity contribution in [3.8, 4) is 11.5 Å². The lowest BCUT2D eigenvalue weighted by Crippen LogP contribution is -2.03. The minimum Gasteiger partial charge on any atom is -0.455 e. The maximum atomic E-state index is 11.6. The van der Waals surface area contributed by atoms with Crippen molar-refractivity contribution in [3.63, 3.8) is 0 Å². The second-order valence-electron chi connectivity index (χ2n) is 6.46. The Morgan fingerprint density at radius 1 is 0.900 bits per heavy atom. The second-order valence-corrected chi connectivity index (χ2v) is 6.46. The van der Waals surface area contributed by atoms with Crippen LogP contribution in [0, 0.1) is 0 Å². The van der Waals surface area contributed by atoms with E-state index in [4.69, 9.17) is 4.74 Å². The van der Waals surface area contributed by atoms with E-state index in [1.165, 1.54) is 13.1 Å². The molecule has 7 nitrogen and oxygen atoms in total. The molecule has 0 radical (unpaired) electrons. The van der Waals surface area contributed by atoms with Gasteiger partial charge in [-0.05, 0) is 43.3 Å². The summed E-state index contributed by atoms with van der Waals surface area (Å²) < 4.78 is 5.96. The summed E-state index contributed by atoms with van der Waals surface area (Å²) in [5.41, 5.74) is 2.06. The fourth-order valence-electron chi connectivity index (χ4n) is 2.78. The summed E-state index contributed by atoms with van der Waals surface area (Å²) in [7, 11) is 0. The molecule has 0 bridgehead atoms. The number of benzene rings is 3. The Morgan fingerprint density at radius 3 is 2.53 bits per heavy atom. The molecule has 0 aliphatic carbocycles. The molecule has 148 valence electrons. The summed E-state index contributed by atoms with van der Waals surface area (Å²) in [6, 6.07) is 24.2. The first-order valence-electron chi connectivity index (χ1n) is 9.34. The molecular weight excluding hydrogens is 378 g/mol. The van der Waals surface area contributed by atoms with Gasteiger partial charge in [-0.2, -0.15) is 10.1 Å². The number of carbonyl (C=O) groups excluding carboxylic acids is 1. The lowest BCUT2D eigenvalue weighted by atomic mass is 10.1. The third-order valence-electron chi connectivity index (χ3n) is 4.20.